The van der Waals surface area contributed by atoms with Gasteiger partial charge >= 0.3 is 0 Å². The van der Waals surface area contributed by atoms with Crippen LogP contribution >= 0.6 is 0 Å². The van der Waals surface area contributed by atoms with Crippen LogP contribution in [0.3, 0.4) is 0 Å². The number of guanidine groups is 1. The largest absolute Gasteiger partial charge is 0.361 e. The third kappa shape index (κ3) is 4.23. The zero-order valence-corrected chi connectivity index (χ0v) is 15.8. The van der Waals surface area contributed by atoms with Crippen molar-refractivity contribution in [2.75, 3.05) is 13.1 Å². The summed E-state index contributed by atoms with van der Waals surface area (Å²) in [7, 11) is 0. The summed E-state index contributed by atoms with van der Waals surface area (Å²) in [6, 6.07) is 10.4. The molecule has 5 heteroatoms. The molecule has 0 aliphatic rings. The fourth-order valence-electron chi connectivity index (χ4n) is 3.07. The summed E-state index contributed by atoms with van der Waals surface area (Å²) in [5.41, 5.74) is 6.02. The standard InChI is InChI=1S/C21H27N5/c1-4-22-21(26-14-19-15(2)8-6-11-23-19)24-12-10-17-13-25-20-16(3)7-5-9-18(17)20/h5-9,11,13,25H,4,10,12,14H2,1-3H3,(H2,22,24,26). The van der Waals surface area contributed by atoms with Crippen molar-refractivity contribution in [1.29, 1.82) is 0 Å². The van der Waals surface area contributed by atoms with Crippen LogP contribution in [0.1, 0.15) is 29.3 Å². The third-order valence-electron chi connectivity index (χ3n) is 4.55. The Kier molecular flexibility index (Phi) is 5.89. The molecule has 26 heavy (non-hydrogen) atoms. The molecular weight excluding hydrogens is 322 g/mol. The van der Waals surface area contributed by atoms with Gasteiger partial charge in [-0.05, 0) is 49.9 Å². The fourth-order valence-corrected chi connectivity index (χ4v) is 3.07. The topological polar surface area (TPSA) is 65.1 Å². The molecule has 0 atom stereocenters. The minimum Gasteiger partial charge on any atom is -0.361 e. The molecule has 3 aromatic rings. The van der Waals surface area contributed by atoms with E-state index < -0.39 is 0 Å². The Morgan fingerprint density at radius 2 is 1.96 bits per heavy atom. The van der Waals surface area contributed by atoms with Crippen LogP contribution in [0, 0.1) is 13.8 Å². The number of nitrogens with zero attached hydrogens (tertiary/aromatic N) is 2. The van der Waals surface area contributed by atoms with Crippen molar-refractivity contribution >= 4 is 16.9 Å². The molecule has 0 fully saturated rings. The van der Waals surface area contributed by atoms with E-state index in [9.17, 15) is 0 Å². The summed E-state index contributed by atoms with van der Waals surface area (Å²) in [6.45, 7) is 8.51. The number of H-pyrrole nitrogens is 1. The maximum Gasteiger partial charge on any atom is 0.191 e. The Labute approximate surface area is 155 Å². The first-order valence-electron chi connectivity index (χ1n) is 9.17. The van der Waals surface area contributed by atoms with Gasteiger partial charge in [-0.3, -0.25) is 4.98 Å². The summed E-state index contributed by atoms with van der Waals surface area (Å²) in [5.74, 6) is 0.827. The van der Waals surface area contributed by atoms with Gasteiger partial charge in [-0.15, -0.1) is 0 Å². The van der Waals surface area contributed by atoms with E-state index in [4.69, 9.17) is 0 Å². The molecule has 0 aliphatic heterocycles. The molecule has 0 aliphatic carbocycles. The molecule has 0 saturated carbocycles. The molecule has 0 radical (unpaired) electrons. The third-order valence-corrected chi connectivity index (χ3v) is 4.55. The van der Waals surface area contributed by atoms with E-state index in [-0.39, 0.29) is 0 Å². The maximum atomic E-state index is 4.66. The van der Waals surface area contributed by atoms with Crippen molar-refractivity contribution in [3.05, 3.63) is 65.1 Å². The Hall–Kier alpha value is -2.82. The molecular formula is C21H27N5. The van der Waals surface area contributed by atoms with Gasteiger partial charge in [0.05, 0.1) is 12.2 Å². The first kappa shape index (κ1) is 18.0. The number of hydrogen-bond donors (Lipinski definition) is 3. The predicted octanol–water partition coefficient (Wildman–Crippen LogP) is 3.48. The molecule has 1 aromatic carbocycles. The van der Waals surface area contributed by atoms with Gasteiger partial charge < -0.3 is 15.6 Å². The number of aromatic nitrogens is 2. The predicted molar refractivity (Wildman–Crippen MR) is 109 cm³/mol. The average molecular weight is 349 g/mol. The van der Waals surface area contributed by atoms with Gasteiger partial charge in [0.2, 0.25) is 0 Å². The van der Waals surface area contributed by atoms with Crippen LogP contribution in [0.2, 0.25) is 0 Å². The van der Waals surface area contributed by atoms with Gasteiger partial charge in [0.1, 0.15) is 0 Å². The Morgan fingerprint density at radius 3 is 2.77 bits per heavy atom. The van der Waals surface area contributed by atoms with Gasteiger partial charge in [0, 0.05) is 36.4 Å². The summed E-state index contributed by atoms with van der Waals surface area (Å²) in [6.07, 6.45) is 4.87. The first-order valence-corrected chi connectivity index (χ1v) is 9.17. The van der Waals surface area contributed by atoms with Crippen LogP contribution in [0.4, 0.5) is 0 Å². The lowest BCUT2D eigenvalue weighted by Gasteiger charge is -2.11. The van der Waals surface area contributed by atoms with Crippen molar-refractivity contribution in [3.8, 4) is 0 Å². The molecule has 136 valence electrons. The van der Waals surface area contributed by atoms with Crippen LogP contribution in [-0.4, -0.2) is 29.0 Å². The van der Waals surface area contributed by atoms with Gasteiger partial charge in [0.25, 0.3) is 0 Å². The van der Waals surface area contributed by atoms with E-state index in [0.29, 0.717) is 6.54 Å². The van der Waals surface area contributed by atoms with E-state index in [0.717, 1.165) is 31.2 Å². The Balaban J connectivity index is 1.62. The number of aliphatic imine (C=N–C) groups is 1. The number of aryl methyl sites for hydroxylation is 2. The molecule has 0 bridgehead atoms. The number of rotatable bonds is 6. The second-order valence-corrected chi connectivity index (χ2v) is 6.45. The minimum absolute atomic E-state index is 0.578. The van der Waals surface area contributed by atoms with E-state index in [1.54, 1.807) is 0 Å². The van der Waals surface area contributed by atoms with Crippen LogP contribution in [-0.2, 0) is 13.0 Å². The SMILES string of the molecule is CCNC(=NCc1ncccc1C)NCCc1c[nH]c2c(C)cccc12. The molecule has 2 heterocycles. The lowest BCUT2D eigenvalue weighted by Crippen LogP contribution is -2.38. The zero-order chi connectivity index (χ0) is 18.4. The van der Waals surface area contributed by atoms with Crippen molar-refractivity contribution in [1.82, 2.24) is 20.6 Å². The highest BCUT2D eigenvalue weighted by Crippen LogP contribution is 2.21. The summed E-state index contributed by atoms with van der Waals surface area (Å²) in [5, 5.41) is 8.03. The quantitative estimate of drug-likeness (QED) is 0.471. The Morgan fingerprint density at radius 1 is 1.12 bits per heavy atom. The number of nitrogens with one attached hydrogen (secondary N) is 3. The van der Waals surface area contributed by atoms with Crippen molar-refractivity contribution in [3.63, 3.8) is 0 Å². The highest BCUT2D eigenvalue weighted by atomic mass is 15.2. The van der Waals surface area contributed by atoms with E-state index in [1.807, 2.05) is 12.3 Å². The summed E-state index contributed by atoms with van der Waals surface area (Å²) < 4.78 is 0. The van der Waals surface area contributed by atoms with Gasteiger partial charge in [-0.1, -0.05) is 24.3 Å². The highest BCUT2D eigenvalue weighted by molar-refractivity contribution is 5.86. The minimum atomic E-state index is 0.578. The van der Waals surface area contributed by atoms with E-state index in [1.165, 1.54) is 27.6 Å². The summed E-state index contributed by atoms with van der Waals surface area (Å²) >= 11 is 0. The molecule has 3 rings (SSSR count). The number of benzene rings is 1. The van der Waals surface area contributed by atoms with E-state index in [2.05, 4.69) is 76.8 Å². The molecule has 2 aromatic heterocycles. The monoisotopic (exact) mass is 349 g/mol. The smallest absolute Gasteiger partial charge is 0.191 e. The fraction of sp³-hybridized carbons (Fsp3) is 0.333. The lowest BCUT2D eigenvalue weighted by molar-refractivity contribution is 0.797. The molecule has 0 unspecified atom stereocenters. The van der Waals surface area contributed by atoms with Crippen molar-refractivity contribution < 1.29 is 0 Å². The number of fused-ring (bicyclic) bond motifs is 1. The average Bonchev–Trinajstić information content (AvgIpc) is 3.05. The number of para-hydroxylation sites is 1. The van der Waals surface area contributed by atoms with Crippen LogP contribution in [0.5, 0.6) is 0 Å². The van der Waals surface area contributed by atoms with Gasteiger partial charge in [0.15, 0.2) is 5.96 Å². The molecule has 3 N–H and O–H groups in total. The Bertz CT molecular complexity index is 894. The second kappa shape index (κ2) is 8.52. The van der Waals surface area contributed by atoms with Crippen LogP contribution in [0.25, 0.3) is 10.9 Å². The van der Waals surface area contributed by atoms with Crippen LogP contribution < -0.4 is 10.6 Å². The van der Waals surface area contributed by atoms with Crippen molar-refractivity contribution in [2.45, 2.75) is 33.7 Å². The van der Waals surface area contributed by atoms with Crippen LogP contribution in [0.15, 0.2) is 47.7 Å². The summed E-state index contributed by atoms with van der Waals surface area (Å²) in [4.78, 5) is 12.5. The maximum absolute atomic E-state index is 4.66. The number of hydrogen-bond acceptors (Lipinski definition) is 2. The number of aromatic amines is 1. The molecule has 0 amide bonds. The van der Waals surface area contributed by atoms with Crippen molar-refractivity contribution in [2.24, 2.45) is 4.99 Å². The second-order valence-electron chi connectivity index (χ2n) is 6.45. The lowest BCUT2D eigenvalue weighted by atomic mass is 10.1. The first-order chi connectivity index (χ1) is 12.7. The number of pyridine rings is 1. The van der Waals surface area contributed by atoms with E-state index >= 15 is 0 Å². The highest BCUT2D eigenvalue weighted by Gasteiger charge is 2.06. The zero-order valence-electron chi connectivity index (χ0n) is 15.8. The normalized spacial score (nSPS) is 11.7. The van der Waals surface area contributed by atoms with Gasteiger partial charge in [-0.25, -0.2) is 4.99 Å². The van der Waals surface area contributed by atoms with Gasteiger partial charge in [-0.2, -0.15) is 0 Å². The molecule has 0 saturated heterocycles. The molecule has 5 nitrogen and oxygen atoms in total. The molecule has 0 spiro atoms.